The summed E-state index contributed by atoms with van der Waals surface area (Å²) in [4.78, 5) is 15.4. The number of H-pyrrole nitrogens is 1. The molecule has 1 aliphatic rings. The lowest BCUT2D eigenvalue weighted by Gasteiger charge is -2.21. The number of fused-ring (bicyclic) bond motifs is 1. The minimum atomic E-state index is 0.150. The summed E-state index contributed by atoms with van der Waals surface area (Å²) in [5.41, 5.74) is 1.98. The van der Waals surface area contributed by atoms with Crippen LogP contribution in [0.15, 0.2) is 24.8 Å². The van der Waals surface area contributed by atoms with Crippen molar-refractivity contribution in [1.82, 2.24) is 34.4 Å². The second-order valence-corrected chi connectivity index (χ2v) is 5.87. The minimum absolute atomic E-state index is 0.150. The molecular formula is C15H19N7O. The smallest absolute Gasteiger partial charge is 0.167 e. The van der Waals surface area contributed by atoms with E-state index < -0.39 is 0 Å². The summed E-state index contributed by atoms with van der Waals surface area (Å²) in [6.07, 6.45) is 8.47. The predicted octanol–water partition coefficient (Wildman–Crippen LogP) is 1.12. The summed E-state index contributed by atoms with van der Waals surface area (Å²) in [7, 11) is 1.76. The summed E-state index contributed by atoms with van der Waals surface area (Å²) in [5.74, 6) is 1.67. The van der Waals surface area contributed by atoms with Gasteiger partial charge in [-0.3, -0.25) is 19.4 Å². The fourth-order valence-electron chi connectivity index (χ4n) is 3.20. The number of aryl methyl sites for hydroxylation is 1. The molecule has 0 spiro atoms. The molecule has 1 fully saturated rings. The van der Waals surface area contributed by atoms with Gasteiger partial charge in [0.05, 0.1) is 30.2 Å². The molecule has 1 saturated heterocycles. The van der Waals surface area contributed by atoms with Crippen molar-refractivity contribution in [1.29, 1.82) is 0 Å². The first kappa shape index (κ1) is 14.3. The number of hydrogen-bond donors (Lipinski definition) is 1. The lowest BCUT2D eigenvalue weighted by atomic mass is 10.2. The number of hydrogen-bond acceptors (Lipinski definition) is 6. The molecule has 4 heterocycles. The first-order chi connectivity index (χ1) is 11.2. The Morgan fingerprint density at radius 3 is 3.09 bits per heavy atom. The lowest BCUT2D eigenvalue weighted by molar-refractivity contribution is 0.107. The predicted molar refractivity (Wildman–Crippen MR) is 82.7 cm³/mol. The molecule has 0 aromatic carbocycles. The van der Waals surface area contributed by atoms with Crippen LogP contribution < -0.4 is 0 Å². The van der Waals surface area contributed by atoms with E-state index in [1.165, 1.54) is 0 Å². The molecular weight excluding hydrogens is 294 g/mol. The highest BCUT2D eigenvalue weighted by Crippen LogP contribution is 2.32. The Bertz CT molecular complexity index is 811. The number of aromatic nitrogens is 6. The third-order valence-electron chi connectivity index (χ3n) is 4.37. The van der Waals surface area contributed by atoms with Crippen LogP contribution in [0.2, 0.25) is 0 Å². The number of methoxy groups -OCH3 is 1. The third-order valence-corrected chi connectivity index (χ3v) is 4.37. The van der Waals surface area contributed by atoms with E-state index in [2.05, 4.69) is 34.4 Å². The van der Waals surface area contributed by atoms with Crippen LogP contribution in [-0.2, 0) is 11.3 Å². The van der Waals surface area contributed by atoms with Crippen molar-refractivity contribution in [3.63, 3.8) is 0 Å². The molecule has 3 aromatic heterocycles. The molecule has 2 atom stereocenters. The van der Waals surface area contributed by atoms with E-state index in [0.29, 0.717) is 0 Å². The molecule has 0 bridgehead atoms. The van der Waals surface area contributed by atoms with Gasteiger partial charge in [0.1, 0.15) is 5.82 Å². The minimum Gasteiger partial charge on any atom is -0.380 e. The van der Waals surface area contributed by atoms with E-state index in [4.69, 9.17) is 4.74 Å². The van der Waals surface area contributed by atoms with Gasteiger partial charge in [-0.2, -0.15) is 5.10 Å². The van der Waals surface area contributed by atoms with Crippen molar-refractivity contribution in [2.75, 3.05) is 13.7 Å². The van der Waals surface area contributed by atoms with Gasteiger partial charge < -0.3 is 4.74 Å². The van der Waals surface area contributed by atoms with Gasteiger partial charge in [-0.05, 0) is 13.3 Å². The van der Waals surface area contributed by atoms with Crippen molar-refractivity contribution in [3.05, 3.63) is 42.1 Å². The van der Waals surface area contributed by atoms with Gasteiger partial charge in [0.15, 0.2) is 11.5 Å². The van der Waals surface area contributed by atoms with Crippen LogP contribution in [0.1, 0.15) is 29.8 Å². The maximum absolute atomic E-state index is 5.57. The Morgan fingerprint density at radius 2 is 2.30 bits per heavy atom. The molecule has 0 saturated carbocycles. The molecule has 120 valence electrons. The summed E-state index contributed by atoms with van der Waals surface area (Å²) >= 11 is 0. The number of nitrogens with one attached hydrogen (secondary N) is 1. The van der Waals surface area contributed by atoms with Crippen molar-refractivity contribution in [3.8, 4) is 0 Å². The number of aromatic amines is 1. The number of rotatable bonds is 4. The van der Waals surface area contributed by atoms with E-state index >= 15 is 0 Å². The molecule has 0 aliphatic carbocycles. The van der Waals surface area contributed by atoms with Crippen LogP contribution in [0.25, 0.3) is 5.65 Å². The summed E-state index contributed by atoms with van der Waals surface area (Å²) in [6, 6.07) is 0.150. The van der Waals surface area contributed by atoms with E-state index in [9.17, 15) is 0 Å². The number of likely N-dealkylation sites (tertiary alicyclic amines) is 1. The lowest BCUT2D eigenvalue weighted by Crippen LogP contribution is -2.26. The molecule has 1 N–H and O–H groups in total. The normalized spacial score (nSPS) is 22.2. The molecule has 0 unspecified atom stereocenters. The highest BCUT2D eigenvalue weighted by atomic mass is 16.5. The maximum atomic E-state index is 5.57. The van der Waals surface area contributed by atoms with Crippen molar-refractivity contribution < 1.29 is 4.74 Å². The van der Waals surface area contributed by atoms with E-state index in [-0.39, 0.29) is 12.1 Å². The third kappa shape index (κ3) is 2.60. The molecule has 0 radical (unpaired) electrons. The second-order valence-electron chi connectivity index (χ2n) is 5.87. The molecule has 8 nitrogen and oxygen atoms in total. The quantitative estimate of drug-likeness (QED) is 0.777. The monoisotopic (exact) mass is 313 g/mol. The molecule has 1 aliphatic heterocycles. The molecule has 4 rings (SSSR count). The number of imidazole rings is 1. The Kier molecular flexibility index (Phi) is 3.55. The first-order valence-corrected chi connectivity index (χ1v) is 7.66. The van der Waals surface area contributed by atoms with Crippen LogP contribution >= 0.6 is 0 Å². The topological polar surface area (TPSA) is 84.2 Å². The number of nitrogens with zero attached hydrogens (tertiary/aromatic N) is 6. The standard InChI is InChI=1S/C15H19N7O/c1-10-18-15(20-19-10)13-5-12(23-2)9-21(13)8-11-6-17-14-7-16-3-4-22(11)14/h3-4,6-7,12-13H,5,8-9H2,1-2H3,(H,18,19,20)/t12-,13+/m1/s1. The van der Waals surface area contributed by atoms with Gasteiger partial charge in [-0.25, -0.2) is 9.97 Å². The SMILES string of the molecule is CO[C@@H]1C[C@@H](c2n[nH]c(C)n2)N(Cc2cnc3cnccn23)C1. The van der Waals surface area contributed by atoms with Gasteiger partial charge in [-0.1, -0.05) is 0 Å². The highest BCUT2D eigenvalue weighted by Gasteiger charge is 2.35. The van der Waals surface area contributed by atoms with Gasteiger partial charge >= 0.3 is 0 Å². The fraction of sp³-hybridized carbons (Fsp3) is 0.467. The average Bonchev–Trinajstić information content (AvgIpc) is 3.27. The van der Waals surface area contributed by atoms with Crippen LogP contribution in [-0.4, -0.2) is 54.2 Å². The number of ether oxygens (including phenoxy) is 1. The summed E-state index contributed by atoms with van der Waals surface area (Å²) < 4.78 is 7.63. The van der Waals surface area contributed by atoms with E-state index in [1.54, 1.807) is 19.5 Å². The van der Waals surface area contributed by atoms with Crippen molar-refractivity contribution in [2.45, 2.75) is 32.0 Å². The first-order valence-electron chi connectivity index (χ1n) is 7.66. The van der Waals surface area contributed by atoms with E-state index in [0.717, 1.165) is 42.5 Å². The van der Waals surface area contributed by atoms with Crippen molar-refractivity contribution >= 4 is 5.65 Å². The Hall–Kier alpha value is -2.32. The van der Waals surface area contributed by atoms with Gasteiger partial charge in [0.25, 0.3) is 0 Å². The Labute approximate surface area is 133 Å². The summed E-state index contributed by atoms with van der Waals surface area (Å²) in [6.45, 7) is 3.54. The zero-order valence-corrected chi connectivity index (χ0v) is 13.2. The second kappa shape index (κ2) is 5.71. The fourth-order valence-corrected chi connectivity index (χ4v) is 3.20. The van der Waals surface area contributed by atoms with Gasteiger partial charge in [0, 0.05) is 32.6 Å². The van der Waals surface area contributed by atoms with Crippen LogP contribution in [0.3, 0.4) is 0 Å². The zero-order chi connectivity index (χ0) is 15.8. The molecule has 23 heavy (non-hydrogen) atoms. The molecule has 0 amide bonds. The molecule has 8 heteroatoms. The average molecular weight is 313 g/mol. The molecule has 3 aromatic rings. The van der Waals surface area contributed by atoms with E-state index in [1.807, 2.05) is 19.3 Å². The zero-order valence-electron chi connectivity index (χ0n) is 13.2. The summed E-state index contributed by atoms with van der Waals surface area (Å²) in [5, 5.41) is 7.28. The van der Waals surface area contributed by atoms with Gasteiger partial charge in [-0.15, -0.1) is 0 Å². The highest BCUT2D eigenvalue weighted by molar-refractivity contribution is 5.36. The Balaban J connectivity index is 1.62. The Morgan fingerprint density at radius 1 is 1.39 bits per heavy atom. The van der Waals surface area contributed by atoms with Crippen LogP contribution in [0.5, 0.6) is 0 Å². The van der Waals surface area contributed by atoms with Crippen molar-refractivity contribution in [2.24, 2.45) is 0 Å². The van der Waals surface area contributed by atoms with Crippen LogP contribution in [0.4, 0.5) is 0 Å². The maximum Gasteiger partial charge on any atom is 0.167 e. The largest absolute Gasteiger partial charge is 0.380 e. The van der Waals surface area contributed by atoms with Gasteiger partial charge in [0.2, 0.25) is 0 Å². The van der Waals surface area contributed by atoms with Crippen LogP contribution in [0, 0.1) is 6.92 Å².